The number of carbonyl (C=O) groups is 1. The first-order valence-electron chi connectivity index (χ1n) is 4.23. The normalized spacial score (nSPS) is 10.6. The van der Waals surface area contributed by atoms with Gasteiger partial charge in [0.2, 0.25) is 0 Å². The van der Waals surface area contributed by atoms with E-state index in [0.717, 1.165) is 0 Å². The van der Waals surface area contributed by atoms with E-state index in [-0.39, 0.29) is 21.8 Å². The molecular weight excluding hydrogens is 237 g/mol. The molecule has 0 saturated heterocycles. The van der Waals surface area contributed by atoms with Crippen LogP contribution in [-0.2, 0) is 0 Å². The van der Waals surface area contributed by atoms with Gasteiger partial charge in [0, 0.05) is 6.54 Å². The number of rotatable bonds is 3. The van der Waals surface area contributed by atoms with Crippen molar-refractivity contribution in [3.63, 3.8) is 0 Å². The summed E-state index contributed by atoms with van der Waals surface area (Å²) >= 11 is 11.3. The zero-order valence-corrected chi connectivity index (χ0v) is 9.51. The van der Waals surface area contributed by atoms with E-state index in [2.05, 4.69) is 15.5 Å². The van der Waals surface area contributed by atoms with Gasteiger partial charge in [-0.2, -0.15) is 0 Å². The van der Waals surface area contributed by atoms with Crippen molar-refractivity contribution >= 4 is 29.1 Å². The number of hydrogen-bond donors (Lipinski definition) is 1. The third-order valence-corrected chi connectivity index (χ3v) is 2.04. The summed E-state index contributed by atoms with van der Waals surface area (Å²) in [7, 11) is 0. The molecule has 1 rings (SSSR count). The average Bonchev–Trinajstić information content (AvgIpc) is 2.22. The lowest BCUT2D eigenvalue weighted by molar-refractivity contribution is 0.0957. The van der Waals surface area contributed by atoms with Crippen LogP contribution in [0.4, 0.5) is 0 Å². The first-order valence-corrected chi connectivity index (χ1v) is 4.99. The van der Waals surface area contributed by atoms with Crippen LogP contribution in [0, 0.1) is 0 Å². The van der Waals surface area contributed by atoms with Crippen molar-refractivity contribution in [2.75, 3.05) is 6.54 Å². The molecule has 0 radical (unpaired) electrons. The highest BCUT2D eigenvalue weighted by molar-refractivity contribution is 6.34. The van der Waals surface area contributed by atoms with Gasteiger partial charge in [0.1, 0.15) is 0 Å². The molecule has 0 atom stereocenters. The van der Waals surface area contributed by atoms with Crippen molar-refractivity contribution < 1.29 is 4.79 Å². The van der Waals surface area contributed by atoms with E-state index >= 15 is 0 Å². The van der Waals surface area contributed by atoms with Crippen LogP contribution in [0.15, 0.2) is 18.2 Å². The fourth-order valence-corrected chi connectivity index (χ4v) is 1.20. The lowest BCUT2D eigenvalue weighted by atomic mass is 10.3. The summed E-state index contributed by atoms with van der Waals surface area (Å²) in [5.74, 6) is -0.324. The standard InChI is InChI=1S/C9H9Cl2N3O/c1-2-3-4-12-9(15)6-5-7(10)13-14-8(6)11/h2-3,5H,4H2,1H3,(H,12,15)/b3-2+. The molecule has 6 heteroatoms. The molecule has 0 aliphatic carbocycles. The van der Waals surface area contributed by atoms with Crippen molar-refractivity contribution in [1.29, 1.82) is 0 Å². The third kappa shape index (κ3) is 3.49. The van der Waals surface area contributed by atoms with Crippen LogP contribution in [0.3, 0.4) is 0 Å². The average molecular weight is 246 g/mol. The molecule has 0 saturated carbocycles. The largest absolute Gasteiger partial charge is 0.348 e. The summed E-state index contributed by atoms with van der Waals surface area (Å²) in [6.07, 6.45) is 3.64. The molecule has 0 aromatic carbocycles. The molecule has 80 valence electrons. The van der Waals surface area contributed by atoms with Gasteiger partial charge in [-0.25, -0.2) is 0 Å². The fraction of sp³-hybridized carbons (Fsp3) is 0.222. The lowest BCUT2D eigenvalue weighted by Gasteiger charge is -2.03. The molecule has 1 amide bonds. The maximum Gasteiger partial charge on any atom is 0.254 e. The lowest BCUT2D eigenvalue weighted by Crippen LogP contribution is -2.24. The van der Waals surface area contributed by atoms with E-state index in [1.807, 2.05) is 19.1 Å². The van der Waals surface area contributed by atoms with Gasteiger partial charge in [-0.1, -0.05) is 35.4 Å². The third-order valence-electron chi connectivity index (χ3n) is 1.58. The predicted octanol–water partition coefficient (Wildman–Crippen LogP) is 2.09. The zero-order valence-electron chi connectivity index (χ0n) is 8.00. The smallest absolute Gasteiger partial charge is 0.254 e. The quantitative estimate of drug-likeness (QED) is 0.831. The van der Waals surface area contributed by atoms with E-state index in [0.29, 0.717) is 6.54 Å². The second kappa shape index (κ2) is 5.68. The molecule has 0 aliphatic rings. The van der Waals surface area contributed by atoms with Crippen molar-refractivity contribution in [2.24, 2.45) is 0 Å². The molecule has 4 nitrogen and oxygen atoms in total. The van der Waals surface area contributed by atoms with Crippen LogP contribution >= 0.6 is 23.2 Å². The number of carbonyl (C=O) groups excluding carboxylic acids is 1. The molecule has 1 aromatic rings. The summed E-state index contributed by atoms with van der Waals surface area (Å²) in [4.78, 5) is 11.5. The Morgan fingerprint density at radius 2 is 2.27 bits per heavy atom. The van der Waals surface area contributed by atoms with Crippen LogP contribution < -0.4 is 5.32 Å². The molecule has 1 aromatic heterocycles. The summed E-state index contributed by atoms with van der Waals surface area (Å²) in [5.41, 5.74) is 0.223. The Hall–Kier alpha value is -1.13. The van der Waals surface area contributed by atoms with E-state index in [1.54, 1.807) is 0 Å². The Bertz CT molecular complexity index is 393. The minimum Gasteiger partial charge on any atom is -0.348 e. The first-order chi connectivity index (χ1) is 7.15. The first kappa shape index (κ1) is 11.9. The highest BCUT2D eigenvalue weighted by Gasteiger charge is 2.11. The Morgan fingerprint density at radius 1 is 1.53 bits per heavy atom. The number of halogens is 2. The number of allylic oxidation sites excluding steroid dienone is 1. The minimum absolute atomic E-state index is 0.0392. The van der Waals surface area contributed by atoms with Crippen LogP contribution in [0.5, 0.6) is 0 Å². The number of hydrogen-bond acceptors (Lipinski definition) is 3. The summed E-state index contributed by atoms with van der Waals surface area (Å²) < 4.78 is 0. The van der Waals surface area contributed by atoms with Gasteiger partial charge in [-0.15, -0.1) is 10.2 Å². The van der Waals surface area contributed by atoms with Crippen LogP contribution in [0.1, 0.15) is 17.3 Å². The van der Waals surface area contributed by atoms with Crippen LogP contribution in [-0.4, -0.2) is 22.6 Å². The topological polar surface area (TPSA) is 54.9 Å². The molecule has 15 heavy (non-hydrogen) atoms. The highest BCUT2D eigenvalue weighted by Crippen LogP contribution is 2.14. The van der Waals surface area contributed by atoms with Gasteiger partial charge < -0.3 is 5.32 Å². The van der Waals surface area contributed by atoms with E-state index in [1.165, 1.54) is 6.07 Å². The number of nitrogens with one attached hydrogen (secondary N) is 1. The van der Waals surface area contributed by atoms with Crippen LogP contribution in [0.2, 0.25) is 10.3 Å². The van der Waals surface area contributed by atoms with Crippen molar-refractivity contribution in [3.05, 3.63) is 34.1 Å². The SMILES string of the molecule is C/C=C/CNC(=O)c1cc(Cl)nnc1Cl. The minimum atomic E-state index is -0.324. The fourth-order valence-electron chi connectivity index (χ4n) is 0.877. The highest BCUT2D eigenvalue weighted by atomic mass is 35.5. The molecule has 0 aliphatic heterocycles. The maximum atomic E-state index is 11.5. The Labute approximate surface area is 97.3 Å². The summed E-state index contributed by atoms with van der Waals surface area (Å²) in [5, 5.41) is 9.85. The number of amides is 1. The molecular formula is C9H9Cl2N3O. The van der Waals surface area contributed by atoms with Gasteiger partial charge in [0.25, 0.3) is 5.91 Å². The molecule has 1 heterocycles. The second-order valence-corrected chi connectivity index (χ2v) is 3.40. The molecule has 1 N–H and O–H groups in total. The van der Waals surface area contributed by atoms with Gasteiger partial charge in [-0.05, 0) is 13.0 Å². The van der Waals surface area contributed by atoms with Gasteiger partial charge in [0.05, 0.1) is 5.56 Å². The van der Waals surface area contributed by atoms with Crippen molar-refractivity contribution in [1.82, 2.24) is 15.5 Å². The molecule has 0 fully saturated rings. The maximum absolute atomic E-state index is 11.5. The van der Waals surface area contributed by atoms with Gasteiger partial charge in [0.15, 0.2) is 10.3 Å². The molecule has 0 bridgehead atoms. The molecule has 0 unspecified atom stereocenters. The summed E-state index contributed by atoms with van der Waals surface area (Å²) in [6.45, 7) is 2.30. The Balaban J connectivity index is 2.77. The Kier molecular flexibility index (Phi) is 4.52. The number of aromatic nitrogens is 2. The van der Waals surface area contributed by atoms with E-state index in [4.69, 9.17) is 23.2 Å². The monoisotopic (exact) mass is 245 g/mol. The number of nitrogens with zero attached hydrogens (tertiary/aromatic N) is 2. The van der Waals surface area contributed by atoms with Crippen molar-refractivity contribution in [2.45, 2.75) is 6.92 Å². The van der Waals surface area contributed by atoms with E-state index < -0.39 is 0 Å². The van der Waals surface area contributed by atoms with E-state index in [9.17, 15) is 4.79 Å². The summed E-state index contributed by atoms with van der Waals surface area (Å²) in [6, 6.07) is 1.38. The predicted molar refractivity (Wildman–Crippen MR) is 59.2 cm³/mol. The second-order valence-electron chi connectivity index (χ2n) is 2.65. The Morgan fingerprint density at radius 3 is 2.93 bits per heavy atom. The van der Waals surface area contributed by atoms with Crippen LogP contribution in [0.25, 0.3) is 0 Å². The zero-order chi connectivity index (χ0) is 11.3. The van der Waals surface area contributed by atoms with Gasteiger partial charge >= 0.3 is 0 Å². The molecule has 0 spiro atoms. The van der Waals surface area contributed by atoms with Gasteiger partial charge in [-0.3, -0.25) is 4.79 Å². The van der Waals surface area contributed by atoms with Crippen molar-refractivity contribution in [3.8, 4) is 0 Å².